The fraction of sp³-hybridized carbons (Fsp3) is 0.400. The maximum Gasteiger partial charge on any atom is 0.419 e. The van der Waals surface area contributed by atoms with E-state index in [0.29, 0.717) is 24.0 Å². The molecule has 1 amide bonds. The van der Waals surface area contributed by atoms with Crippen LogP contribution in [0.4, 0.5) is 17.6 Å². The number of benzene rings is 1. The zero-order valence-electron chi connectivity index (χ0n) is 13.3. The van der Waals surface area contributed by atoms with E-state index in [4.69, 9.17) is 0 Å². The first-order valence-electron chi connectivity index (χ1n) is 7.64. The largest absolute Gasteiger partial charge is 0.419 e. The van der Waals surface area contributed by atoms with Gasteiger partial charge in [-0.05, 0) is 24.1 Å². The molecule has 0 aliphatic carbocycles. The van der Waals surface area contributed by atoms with Gasteiger partial charge in [-0.2, -0.15) is 13.2 Å². The molecular weight excluding hydrogens is 376 g/mol. The van der Waals surface area contributed by atoms with Crippen LogP contribution in [0.25, 0.3) is 0 Å². The molecule has 0 radical (unpaired) electrons. The molecule has 2 unspecified atom stereocenters. The molecule has 1 N–H and O–H groups in total. The van der Waals surface area contributed by atoms with Crippen molar-refractivity contribution < 1.29 is 26.6 Å². The van der Waals surface area contributed by atoms with Gasteiger partial charge in [-0.15, -0.1) is 5.10 Å². The predicted molar refractivity (Wildman–Crippen MR) is 84.3 cm³/mol. The first kappa shape index (κ1) is 18.5. The van der Waals surface area contributed by atoms with Crippen LogP contribution < -0.4 is 5.32 Å². The normalized spacial score (nSPS) is 20.3. The zero-order valence-corrected chi connectivity index (χ0v) is 14.1. The van der Waals surface area contributed by atoms with Gasteiger partial charge >= 0.3 is 6.18 Å². The second-order valence-electron chi connectivity index (χ2n) is 5.88. The minimum atomic E-state index is -4.80. The summed E-state index contributed by atoms with van der Waals surface area (Å²) in [5.41, 5.74) is -1.19. The lowest BCUT2D eigenvalue weighted by molar-refractivity contribution is -0.140. The Hall–Kier alpha value is -2.30. The molecule has 1 aliphatic heterocycles. The predicted octanol–water partition coefficient (Wildman–Crippen LogP) is 1.74. The van der Waals surface area contributed by atoms with Crippen molar-refractivity contribution in [1.82, 2.24) is 20.3 Å². The van der Waals surface area contributed by atoms with E-state index >= 15 is 0 Å². The van der Waals surface area contributed by atoms with Gasteiger partial charge in [-0.3, -0.25) is 9.00 Å². The first-order valence-corrected chi connectivity index (χ1v) is 9.13. The minimum Gasteiger partial charge on any atom is -0.347 e. The van der Waals surface area contributed by atoms with Gasteiger partial charge in [0.25, 0.3) is 5.91 Å². The molecule has 2 aromatic rings. The number of alkyl halides is 3. The van der Waals surface area contributed by atoms with Crippen molar-refractivity contribution in [3.63, 3.8) is 0 Å². The molecule has 1 saturated heterocycles. The number of carbonyl (C=O) groups is 1. The molecule has 2 atom stereocenters. The third kappa shape index (κ3) is 4.26. The molecule has 140 valence electrons. The highest BCUT2D eigenvalue weighted by Gasteiger charge is 2.34. The maximum absolute atomic E-state index is 13.3. The van der Waals surface area contributed by atoms with Crippen molar-refractivity contribution in [1.29, 1.82) is 0 Å². The number of hydrogen-bond donors (Lipinski definition) is 1. The summed E-state index contributed by atoms with van der Waals surface area (Å²) >= 11 is 0. The number of halogens is 4. The van der Waals surface area contributed by atoms with Crippen LogP contribution in [0.2, 0.25) is 0 Å². The molecule has 0 spiro atoms. The van der Waals surface area contributed by atoms with E-state index < -0.39 is 34.3 Å². The highest BCUT2D eigenvalue weighted by molar-refractivity contribution is 7.85. The Morgan fingerprint density at radius 1 is 1.38 bits per heavy atom. The Morgan fingerprint density at radius 2 is 2.15 bits per heavy atom. The summed E-state index contributed by atoms with van der Waals surface area (Å²) in [7, 11) is -0.937. The summed E-state index contributed by atoms with van der Waals surface area (Å²) in [6, 6.07) is 2.45. The lowest BCUT2D eigenvalue weighted by atomic mass is 10.1. The van der Waals surface area contributed by atoms with E-state index in [-0.39, 0.29) is 23.8 Å². The second-order valence-corrected chi connectivity index (χ2v) is 7.50. The molecule has 1 aromatic heterocycles. The summed E-state index contributed by atoms with van der Waals surface area (Å²) in [5.74, 6) is -0.927. The van der Waals surface area contributed by atoms with Crippen molar-refractivity contribution in [2.45, 2.75) is 25.2 Å². The molecule has 6 nitrogen and oxygen atoms in total. The molecule has 0 saturated carbocycles. The summed E-state index contributed by atoms with van der Waals surface area (Å²) in [6.45, 7) is -0.100. The number of nitrogens with one attached hydrogen (secondary N) is 1. The van der Waals surface area contributed by atoms with E-state index in [1.54, 1.807) is 0 Å². The molecule has 3 rings (SSSR count). The molecule has 1 aromatic carbocycles. The van der Waals surface area contributed by atoms with Crippen LogP contribution in [0.1, 0.15) is 28.0 Å². The molecule has 2 heterocycles. The minimum absolute atomic E-state index is 0.000777. The second kappa shape index (κ2) is 7.14. The van der Waals surface area contributed by atoms with Gasteiger partial charge in [0, 0.05) is 28.3 Å². The Bertz CT molecular complexity index is 852. The summed E-state index contributed by atoms with van der Waals surface area (Å²) < 4.78 is 64.1. The van der Waals surface area contributed by atoms with Crippen LogP contribution in [0.3, 0.4) is 0 Å². The van der Waals surface area contributed by atoms with E-state index in [1.807, 2.05) is 0 Å². The van der Waals surface area contributed by atoms with Crippen molar-refractivity contribution >= 4 is 16.7 Å². The van der Waals surface area contributed by atoms with Crippen molar-refractivity contribution in [3.8, 4) is 0 Å². The number of amides is 1. The van der Waals surface area contributed by atoms with Gasteiger partial charge in [0.05, 0.1) is 18.3 Å². The molecule has 1 aliphatic rings. The third-order valence-corrected chi connectivity index (χ3v) is 5.33. The van der Waals surface area contributed by atoms with Gasteiger partial charge in [0.2, 0.25) is 0 Å². The SMILES string of the molecule is O=C(NC1CCS(=O)C1)c1cn(Cc2ccc(F)c(C(F)(F)F)c2)nn1. The topological polar surface area (TPSA) is 76.9 Å². The number of hydrogen-bond acceptors (Lipinski definition) is 4. The Kier molecular flexibility index (Phi) is 5.08. The molecule has 11 heteroatoms. The highest BCUT2D eigenvalue weighted by Crippen LogP contribution is 2.32. The van der Waals surface area contributed by atoms with Crippen LogP contribution in [0.15, 0.2) is 24.4 Å². The van der Waals surface area contributed by atoms with Gasteiger partial charge in [-0.1, -0.05) is 11.3 Å². The Balaban J connectivity index is 1.69. The zero-order chi connectivity index (χ0) is 18.9. The quantitative estimate of drug-likeness (QED) is 0.807. The van der Waals surface area contributed by atoms with Gasteiger partial charge < -0.3 is 5.32 Å². The molecule has 0 bridgehead atoms. The Labute approximate surface area is 148 Å². The summed E-state index contributed by atoms with van der Waals surface area (Å²) in [6.07, 6.45) is -2.89. The average molecular weight is 390 g/mol. The number of rotatable bonds is 4. The molecule has 1 fully saturated rings. The fourth-order valence-corrected chi connectivity index (χ4v) is 4.01. The fourth-order valence-electron chi connectivity index (χ4n) is 2.59. The monoisotopic (exact) mass is 390 g/mol. The molecule has 26 heavy (non-hydrogen) atoms. The van der Waals surface area contributed by atoms with Crippen molar-refractivity contribution in [2.24, 2.45) is 0 Å². The van der Waals surface area contributed by atoms with Crippen LogP contribution in [-0.4, -0.2) is 42.7 Å². The van der Waals surface area contributed by atoms with Gasteiger partial charge in [-0.25, -0.2) is 9.07 Å². The van der Waals surface area contributed by atoms with Crippen molar-refractivity contribution in [2.75, 3.05) is 11.5 Å². The standard InChI is InChI=1S/C15H14F4N4O2S/c16-12-2-1-9(5-11(12)15(17,18)19)6-23-7-13(21-22-23)14(24)20-10-3-4-26(25)8-10/h1-2,5,7,10H,3-4,6,8H2,(H,20,24). The van der Waals surface area contributed by atoms with E-state index in [2.05, 4.69) is 15.6 Å². The summed E-state index contributed by atoms with van der Waals surface area (Å²) in [4.78, 5) is 12.1. The lowest BCUT2D eigenvalue weighted by Gasteiger charge is -2.10. The van der Waals surface area contributed by atoms with Crippen LogP contribution >= 0.6 is 0 Å². The number of nitrogens with zero attached hydrogens (tertiary/aromatic N) is 3. The number of aromatic nitrogens is 3. The Morgan fingerprint density at radius 3 is 2.81 bits per heavy atom. The van der Waals surface area contributed by atoms with Gasteiger partial charge in [0.15, 0.2) is 5.69 Å². The number of carbonyl (C=O) groups excluding carboxylic acids is 1. The maximum atomic E-state index is 13.3. The average Bonchev–Trinajstić information content (AvgIpc) is 3.17. The van der Waals surface area contributed by atoms with E-state index in [1.165, 1.54) is 16.9 Å². The van der Waals surface area contributed by atoms with E-state index in [9.17, 15) is 26.6 Å². The first-order chi connectivity index (χ1) is 12.2. The van der Waals surface area contributed by atoms with Crippen LogP contribution in [0, 0.1) is 5.82 Å². The van der Waals surface area contributed by atoms with Gasteiger partial charge in [0.1, 0.15) is 5.82 Å². The molecular formula is C15H14F4N4O2S. The van der Waals surface area contributed by atoms with Crippen LogP contribution in [0.5, 0.6) is 0 Å². The highest BCUT2D eigenvalue weighted by atomic mass is 32.2. The third-order valence-electron chi connectivity index (χ3n) is 3.87. The smallest absolute Gasteiger partial charge is 0.347 e. The van der Waals surface area contributed by atoms with E-state index in [0.717, 1.165) is 6.07 Å². The van der Waals surface area contributed by atoms with Crippen LogP contribution in [-0.2, 0) is 23.5 Å². The summed E-state index contributed by atoms with van der Waals surface area (Å²) in [5, 5.41) is 10.1. The van der Waals surface area contributed by atoms with Crippen molar-refractivity contribution in [3.05, 3.63) is 47.0 Å². The lowest BCUT2D eigenvalue weighted by Crippen LogP contribution is -2.35.